The number of aromatic amines is 1. The fourth-order valence-corrected chi connectivity index (χ4v) is 2.87. The summed E-state index contributed by atoms with van der Waals surface area (Å²) < 4.78 is 13.9. The Kier molecular flexibility index (Phi) is 3.48. The number of hydrogen-bond donors (Lipinski definition) is 2. The van der Waals surface area contributed by atoms with Crippen LogP contribution in [-0.4, -0.2) is 21.0 Å². The molecular formula is C14H8ClFN2O2S. The van der Waals surface area contributed by atoms with Crippen LogP contribution in [0.1, 0.15) is 10.5 Å². The largest absolute Gasteiger partial charge is 0.477 e. The van der Waals surface area contributed by atoms with Crippen molar-refractivity contribution in [2.24, 2.45) is 0 Å². The lowest BCUT2D eigenvalue weighted by atomic mass is 10.2. The zero-order valence-electron chi connectivity index (χ0n) is 10.4. The first kappa shape index (κ1) is 13.8. The fraction of sp³-hybridized carbons (Fsp3) is 0. The summed E-state index contributed by atoms with van der Waals surface area (Å²) >= 11 is 7.00. The lowest BCUT2D eigenvalue weighted by molar-refractivity contribution is 0.0691. The lowest BCUT2D eigenvalue weighted by Crippen LogP contribution is -1.94. The highest BCUT2D eigenvalue weighted by Gasteiger charge is 2.13. The summed E-state index contributed by atoms with van der Waals surface area (Å²) in [6.45, 7) is 0. The van der Waals surface area contributed by atoms with E-state index in [2.05, 4.69) is 9.97 Å². The summed E-state index contributed by atoms with van der Waals surface area (Å²) in [5, 5.41) is 11.5. The number of nitrogens with zero attached hydrogens (tertiary/aromatic N) is 1. The summed E-state index contributed by atoms with van der Waals surface area (Å²) in [6, 6.07) is 5.89. The molecule has 0 unspecified atom stereocenters. The lowest BCUT2D eigenvalue weighted by Gasteiger charge is -1.99. The van der Waals surface area contributed by atoms with Crippen molar-refractivity contribution in [3.05, 3.63) is 52.4 Å². The molecule has 7 heteroatoms. The molecule has 3 aromatic rings. The van der Waals surface area contributed by atoms with Gasteiger partial charge in [-0.05, 0) is 24.3 Å². The molecule has 0 radical (unpaired) electrons. The predicted molar refractivity (Wildman–Crippen MR) is 79.3 cm³/mol. The third kappa shape index (κ3) is 2.68. The molecule has 21 heavy (non-hydrogen) atoms. The molecule has 0 atom stereocenters. The van der Waals surface area contributed by atoms with Crippen LogP contribution in [0, 0.1) is 5.82 Å². The zero-order valence-corrected chi connectivity index (χ0v) is 12.0. The smallest absolute Gasteiger partial charge is 0.352 e. The highest BCUT2D eigenvalue weighted by atomic mass is 35.5. The minimum atomic E-state index is -1.04. The average molecular weight is 323 g/mol. The number of benzene rings is 1. The van der Waals surface area contributed by atoms with Gasteiger partial charge in [-0.3, -0.25) is 0 Å². The van der Waals surface area contributed by atoms with Crippen molar-refractivity contribution in [1.29, 1.82) is 0 Å². The van der Waals surface area contributed by atoms with E-state index in [0.29, 0.717) is 26.9 Å². The van der Waals surface area contributed by atoms with Gasteiger partial charge in [-0.2, -0.15) is 0 Å². The molecule has 0 aliphatic heterocycles. The summed E-state index contributed by atoms with van der Waals surface area (Å²) in [4.78, 5) is 17.8. The average Bonchev–Trinajstić information content (AvgIpc) is 3.07. The van der Waals surface area contributed by atoms with Gasteiger partial charge in [-0.25, -0.2) is 14.2 Å². The Balaban J connectivity index is 1.97. The molecule has 0 aliphatic carbocycles. The van der Waals surface area contributed by atoms with E-state index in [1.54, 1.807) is 23.7 Å². The van der Waals surface area contributed by atoms with Gasteiger partial charge in [-0.1, -0.05) is 11.6 Å². The molecule has 2 heterocycles. The van der Waals surface area contributed by atoms with Gasteiger partial charge in [0.25, 0.3) is 0 Å². The molecule has 2 N–H and O–H groups in total. The molecule has 0 bridgehead atoms. The molecule has 106 valence electrons. The molecule has 0 aliphatic rings. The third-order valence-electron chi connectivity index (χ3n) is 2.87. The van der Waals surface area contributed by atoms with Crippen molar-refractivity contribution in [1.82, 2.24) is 9.97 Å². The quantitative estimate of drug-likeness (QED) is 0.755. The van der Waals surface area contributed by atoms with Gasteiger partial charge < -0.3 is 10.1 Å². The Morgan fingerprint density at radius 2 is 2.19 bits per heavy atom. The molecule has 3 rings (SSSR count). The minimum Gasteiger partial charge on any atom is -0.477 e. The van der Waals surface area contributed by atoms with Gasteiger partial charge in [0, 0.05) is 27.7 Å². The van der Waals surface area contributed by atoms with Crippen LogP contribution in [0.2, 0.25) is 5.02 Å². The molecular weight excluding hydrogens is 315 g/mol. The molecule has 1 aromatic carbocycles. The topological polar surface area (TPSA) is 66.0 Å². The summed E-state index contributed by atoms with van der Waals surface area (Å²) in [5.41, 5.74) is 1.68. The van der Waals surface area contributed by atoms with Crippen LogP contribution < -0.4 is 0 Å². The number of halogens is 2. The number of carbonyl (C=O) groups is 1. The van der Waals surface area contributed by atoms with Gasteiger partial charge >= 0.3 is 5.97 Å². The molecule has 0 spiro atoms. The van der Waals surface area contributed by atoms with E-state index in [9.17, 15) is 9.18 Å². The van der Waals surface area contributed by atoms with Crippen molar-refractivity contribution in [3.8, 4) is 21.8 Å². The maximum atomic E-state index is 13.9. The van der Waals surface area contributed by atoms with Crippen molar-refractivity contribution < 1.29 is 14.3 Å². The Labute approximate surface area is 127 Å². The van der Waals surface area contributed by atoms with E-state index < -0.39 is 11.8 Å². The maximum Gasteiger partial charge on any atom is 0.352 e. The van der Waals surface area contributed by atoms with Gasteiger partial charge in [0.1, 0.15) is 16.5 Å². The van der Waals surface area contributed by atoms with Crippen LogP contribution in [0.15, 0.2) is 35.8 Å². The highest BCUT2D eigenvalue weighted by molar-refractivity contribution is 7.13. The van der Waals surface area contributed by atoms with Crippen molar-refractivity contribution >= 4 is 28.9 Å². The third-order valence-corrected chi connectivity index (χ3v) is 3.99. The second-order valence-electron chi connectivity index (χ2n) is 4.27. The molecule has 0 amide bonds. The van der Waals surface area contributed by atoms with Crippen LogP contribution in [0.5, 0.6) is 0 Å². The summed E-state index contributed by atoms with van der Waals surface area (Å²) in [5.74, 6) is -1.48. The summed E-state index contributed by atoms with van der Waals surface area (Å²) in [7, 11) is 0. The second-order valence-corrected chi connectivity index (χ2v) is 5.56. The summed E-state index contributed by atoms with van der Waals surface area (Å²) in [6.07, 6.45) is 1.56. The number of aromatic nitrogens is 2. The number of carboxylic acids is 1. The predicted octanol–water partition coefficient (Wildman–Crippen LogP) is 4.30. The van der Waals surface area contributed by atoms with Gasteiger partial charge in [0.15, 0.2) is 0 Å². The Hall–Kier alpha value is -2.18. The van der Waals surface area contributed by atoms with Crippen LogP contribution in [0.4, 0.5) is 4.39 Å². The first-order valence-electron chi connectivity index (χ1n) is 5.87. The van der Waals surface area contributed by atoms with Crippen molar-refractivity contribution in [2.75, 3.05) is 0 Å². The van der Waals surface area contributed by atoms with Crippen LogP contribution in [0.3, 0.4) is 0 Å². The van der Waals surface area contributed by atoms with E-state index in [4.69, 9.17) is 16.7 Å². The number of carboxylic acid groups (broad SMARTS) is 1. The van der Waals surface area contributed by atoms with E-state index in [0.717, 1.165) is 0 Å². The number of hydrogen-bond acceptors (Lipinski definition) is 3. The standard InChI is InChI=1S/C14H8ClFN2O2S/c15-8-1-2-9(10(16)4-8)13-18-12(6-21-13)7-3-11(14(19)20)17-5-7/h1-6,17H,(H,19,20). The van der Waals surface area contributed by atoms with Gasteiger partial charge in [0.05, 0.1) is 5.69 Å². The second kappa shape index (κ2) is 5.31. The first-order chi connectivity index (χ1) is 10.0. The number of thiazole rings is 1. The van der Waals surface area contributed by atoms with E-state index in [1.807, 2.05) is 0 Å². The van der Waals surface area contributed by atoms with E-state index in [-0.39, 0.29) is 5.69 Å². The van der Waals surface area contributed by atoms with E-state index >= 15 is 0 Å². The number of H-pyrrole nitrogens is 1. The molecule has 0 saturated heterocycles. The molecule has 4 nitrogen and oxygen atoms in total. The normalized spacial score (nSPS) is 10.8. The Morgan fingerprint density at radius 3 is 2.86 bits per heavy atom. The first-order valence-corrected chi connectivity index (χ1v) is 7.13. The highest BCUT2D eigenvalue weighted by Crippen LogP contribution is 2.31. The van der Waals surface area contributed by atoms with Gasteiger partial charge in [0.2, 0.25) is 0 Å². The fourth-order valence-electron chi connectivity index (χ4n) is 1.86. The number of rotatable bonds is 3. The van der Waals surface area contributed by atoms with Crippen LogP contribution in [0.25, 0.3) is 21.8 Å². The molecule has 2 aromatic heterocycles. The number of nitrogens with one attached hydrogen (secondary N) is 1. The van der Waals surface area contributed by atoms with Crippen molar-refractivity contribution in [3.63, 3.8) is 0 Å². The maximum absolute atomic E-state index is 13.9. The minimum absolute atomic E-state index is 0.0808. The number of aromatic carboxylic acids is 1. The SMILES string of the molecule is O=C(O)c1cc(-c2csc(-c3ccc(Cl)cc3F)n2)c[nH]1. The van der Waals surface area contributed by atoms with Gasteiger partial charge in [-0.15, -0.1) is 11.3 Å². The Morgan fingerprint density at radius 1 is 1.38 bits per heavy atom. The van der Waals surface area contributed by atoms with Crippen molar-refractivity contribution in [2.45, 2.75) is 0 Å². The van der Waals surface area contributed by atoms with E-state index in [1.165, 1.54) is 23.5 Å². The Bertz CT molecular complexity index is 828. The molecule has 0 saturated carbocycles. The molecule has 0 fully saturated rings. The van der Waals surface area contributed by atoms with Crippen LogP contribution >= 0.6 is 22.9 Å². The zero-order chi connectivity index (χ0) is 15.0. The monoisotopic (exact) mass is 322 g/mol. The van der Waals surface area contributed by atoms with Crippen LogP contribution in [-0.2, 0) is 0 Å².